The SMILES string of the molecule is C[C@H]1[C@H](O)[C@@H](O)[C@H](O[C@H](CC[C@@H](C)C2CC[C@@]3(C)C4CC=C5C(CC[C@H](O)C5(C)C)[C@]4(C)[C@H](O)C[C@]23C)C(C)(C)O)O[C@@H]1CO. The molecule has 5 rings (SSSR count). The summed E-state index contributed by atoms with van der Waals surface area (Å²) < 4.78 is 12.1. The van der Waals surface area contributed by atoms with Gasteiger partial charge in [-0.25, -0.2) is 0 Å². The van der Waals surface area contributed by atoms with Gasteiger partial charge in [0.1, 0.15) is 6.10 Å². The smallest absolute Gasteiger partial charge is 0.186 e. The summed E-state index contributed by atoms with van der Waals surface area (Å²) in [5.74, 6) is 0.918. The van der Waals surface area contributed by atoms with Gasteiger partial charge in [-0.1, -0.05) is 60.1 Å². The fraction of sp³-hybridized carbons (Fsp3) is 0.946. The van der Waals surface area contributed by atoms with Crippen LogP contribution in [0.25, 0.3) is 0 Å². The van der Waals surface area contributed by atoms with Crippen LogP contribution in [0.15, 0.2) is 11.6 Å². The Bertz CT molecular complexity index is 1100. The van der Waals surface area contributed by atoms with Crippen LogP contribution in [-0.4, -0.2) is 85.8 Å². The molecule has 5 aliphatic rings. The largest absolute Gasteiger partial charge is 0.394 e. The number of hydrogen-bond donors (Lipinski definition) is 6. The minimum Gasteiger partial charge on any atom is -0.394 e. The van der Waals surface area contributed by atoms with E-state index in [0.29, 0.717) is 24.2 Å². The maximum Gasteiger partial charge on any atom is 0.186 e. The Balaban J connectivity index is 1.33. The first kappa shape index (κ1) is 35.7. The van der Waals surface area contributed by atoms with E-state index in [1.165, 1.54) is 5.57 Å². The van der Waals surface area contributed by atoms with Crippen LogP contribution in [0.5, 0.6) is 0 Å². The molecule has 0 radical (unpaired) electrons. The van der Waals surface area contributed by atoms with Gasteiger partial charge >= 0.3 is 0 Å². The van der Waals surface area contributed by atoms with Crippen molar-refractivity contribution in [3.05, 3.63) is 11.6 Å². The van der Waals surface area contributed by atoms with Gasteiger partial charge in [0.25, 0.3) is 0 Å². The van der Waals surface area contributed by atoms with E-state index in [-0.39, 0.29) is 40.3 Å². The summed E-state index contributed by atoms with van der Waals surface area (Å²) in [4.78, 5) is 0. The molecule has 0 aromatic rings. The summed E-state index contributed by atoms with van der Waals surface area (Å²) >= 11 is 0. The second kappa shape index (κ2) is 12.1. The van der Waals surface area contributed by atoms with Crippen LogP contribution < -0.4 is 0 Å². The first-order chi connectivity index (χ1) is 20.7. The summed E-state index contributed by atoms with van der Waals surface area (Å²) in [6.07, 6.45) is 3.84. The fourth-order valence-corrected chi connectivity index (χ4v) is 11.4. The fourth-order valence-electron chi connectivity index (χ4n) is 11.4. The van der Waals surface area contributed by atoms with Crippen LogP contribution in [-0.2, 0) is 9.47 Å². The summed E-state index contributed by atoms with van der Waals surface area (Å²) in [5, 5.41) is 65.2. The number of fused-ring (bicyclic) bond motifs is 5. The van der Waals surface area contributed by atoms with E-state index < -0.39 is 48.3 Å². The van der Waals surface area contributed by atoms with Gasteiger partial charge in [0, 0.05) is 16.7 Å². The Kier molecular flexibility index (Phi) is 9.59. The molecule has 0 aromatic carbocycles. The Hall–Kier alpha value is -0.580. The number of rotatable bonds is 8. The Labute approximate surface area is 271 Å². The maximum atomic E-state index is 12.2. The Morgan fingerprint density at radius 2 is 1.62 bits per heavy atom. The van der Waals surface area contributed by atoms with Gasteiger partial charge in [0.05, 0.1) is 42.7 Å². The zero-order chi connectivity index (χ0) is 33.5. The van der Waals surface area contributed by atoms with Crippen LogP contribution >= 0.6 is 0 Å². The molecule has 4 aliphatic carbocycles. The highest BCUT2D eigenvalue weighted by molar-refractivity contribution is 5.31. The van der Waals surface area contributed by atoms with E-state index in [1.807, 2.05) is 0 Å². The van der Waals surface area contributed by atoms with Crippen LogP contribution in [0.1, 0.15) is 114 Å². The quantitative estimate of drug-likeness (QED) is 0.213. The van der Waals surface area contributed by atoms with Crippen molar-refractivity contribution in [2.45, 2.75) is 162 Å². The average molecular weight is 637 g/mol. The van der Waals surface area contributed by atoms with E-state index in [4.69, 9.17) is 9.47 Å². The summed E-state index contributed by atoms with van der Waals surface area (Å²) in [6, 6.07) is 0. The number of hydrogen-bond acceptors (Lipinski definition) is 8. The van der Waals surface area contributed by atoms with Crippen molar-refractivity contribution in [2.24, 2.45) is 51.2 Å². The van der Waals surface area contributed by atoms with Crippen LogP contribution in [0.4, 0.5) is 0 Å². The van der Waals surface area contributed by atoms with Crippen molar-refractivity contribution in [1.29, 1.82) is 0 Å². The summed E-state index contributed by atoms with van der Waals surface area (Å²) in [7, 11) is 0. The molecule has 6 N–H and O–H groups in total. The highest BCUT2D eigenvalue weighted by atomic mass is 16.7. The molecule has 1 saturated heterocycles. The third-order valence-corrected chi connectivity index (χ3v) is 14.9. The van der Waals surface area contributed by atoms with Crippen molar-refractivity contribution < 1.29 is 40.1 Å². The second-order valence-electron chi connectivity index (χ2n) is 17.8. The number of ether oxygens (including phenoxy) is 2. The lowest BCUT2D eigenvalue weighted by Gasteiger charge is -2.67. The predicted molar refractivity (Wildman–Crippen MR) is 173 cm³/mol. The molecule has 8 nitrogen and oxygen atoms in total. The van der Waals surface area contributed by atoms with E-state index in [1.54, 1.807) is 20.8 Å². The molecule has 4 fully saturated rings. The molecule has 0 bridgehead atoms. The number of allylic oxidation sites excluding steroid dienone is 1. The Morgan fingerprint density at radius 3 is 2.24 bits per heavy atom. The van der Waals surface area contributed by atoms with Crippen molar-refractivity contribution >= 4 is 0 Å². The van der Waals surface area contributed by atoms with Gasteiger partial charge < -0.3 is 40.1 Å². The van der Waals surface area contributed by atoms with Crippen LogP contribution in [0.3, 0.4) is 0 Å². The van der Waals surface area contributed by atoms with Crippen molar-refractivity contribution in [3.63, 3.8) is 0 Å². The number of aliphatic hydroxyl groups excluding tert-OH is 5. The molecule has 1 heterocycles. The molecule has 260 valence electrons. The molecular formula is C37H64O8. The molecule has 3 unspecified atom stereocenters. The third kappa shape index (κ3) is 5.50. The van der Waals surface area contributed by atoms with E-state index in [9.17, 15) is 30.6 Å². The van der Waals surface area contributed by atoms with Gasteiger partial charge in [-0.3, -0.25) is 0 Å². The molecular weight excluding hydrogens is 572 g/mol. The summed E-state index contributed by atoms with van der Waals surface area (Å²) in [5.41, 5.74) is -0.323. The summed E-state index contributed by atoms with van der Waals surface area (Å²) in [6.45, 7) is 18.7. The van der Waals surface area contributed by atoms with Gasteiger partial charge in [-0.05, 0) is 99.7 Å². The first-order valence-corrected chi connectivity index (χ1v) is 17.8. The molecule has 1 aliphatic heterocycles. The van der Waals surface area contributed by atoms with Crippen LogP contribution in [0.2, 0.25) is 0 Å². The van der Waals surface area contributed by atoms with E-state index >= 15 is 0 Å². The standard InChI is InChI=1S/C37H64O8/c1-20(10-15-29(34(5,6)43)45-32-31(42)30(41)21(2)25(19-38)44-32)22-16-17-35(7)26-13-11-23-24(12-14-27(39)33(23,3)4)37(26,9)28(40)18-36(22,35)8/h11,20-22,24-32,38-43H,10,12-19H2,1-9H3/t20-,21-,22?,24?,25-,26?,27+,28-,29-,30+,31-,32+,35+,36-,37+/m1/s1. The normalized spacial score (nSPS) is 49.4. The molecule has 8 heteroatoms. The van der Waals surface area contributed by atoms with Gasteiger partial charge in [0.15, 0.2) is 6.29 Å². The van der Waals surface area contributed by atoms with E-state index in [2.05, 4.69) is 47.6 Å². The monoisotopic (exact) mass is 636 g/mol. The first-order valence-electron chi connectivity index (χ1n) is 17.8. The maximum absolute atomic E-state index is 12.2. The van der Waals surface area contributed by atoms with Crippen molar-refractivity contribution in [2.75, 3.05) is 6.61 Å². The third-order valence-electron chi connectivity index (χ3n) is 14.9. The lowest BCUT2D eigenvalue weighted by atomic mass is 9.38. The van der Waals surface area contributed by atoms with Crippen LogP contribution in [0, 0.1) is 51.2 Å². The Morgan fingerprint density at radius 1 is 0.956 bits per heavy atom. The topological polar surface area (TPSA) is 140 Å². The minimum atomic E-state index is -1.28. The highest BCUT2D eigenvalue weighted by Gasteiger charge is 2.70. The van der Waals surface area contributed by atoms with Gasteiger partial charge in [-0.15, -0.1) is 0 Å². The lowest BCUT2D eigenvalue weighted by Crippen LogP contribution is -2.64. The lowest BCUT2D eigenvalue weighted by molar-refractivity contribution is -0.312. The molecule has 0 amide bonds. The molecule has 0 spiro atoms. The minimum absolute atomic E-state index is 0.0482. The van der Waals surface area contributed by atoms with Gasteiger partial charge in [0.2, 0.25) is 0 Å². The zero-order valence-corrected chi connectivity index (χ0v) is 29.4. The second-order valence-corrected chi connectivity index (χ2v) is 17.8. The average Bonchev–Trinajstić information content (AvgIpc) is 3.22. The number of aliphatic hydroxyl groups is 6. The van der Waals surface area contributed by atoms with Crippen molar-refractivity contribution in [1.82, 2.24) is 0 Å². The predicted octanol–water partition coefficient (Wildman–Crippen LogP) is 4.57. The van der Waals surface area contributed by atoms with E-state index in [0.717, 1.165) is 44.9 Å². The molecule has 3 saturated carbocycles. The molecule has 45 heavy (non-hydrogen) atoms. The molecule has 0 aromatic heterocycles. The highest BCUT2D eigenvalue weighted by Crippen LogP contribution is 2.75. The zero-order valence-electron chi connectivity index (χ0n) is 29.4. The molecule has 15 atom stereocenters. The van der Waals surface area contributed by atoms with Gasteiger partial charge in [-0.2, -0.15) is 0 Å². The van der Waals surface area contributed by atoms with Crippen molar-refractivity contribution in [3.8, 4) is 0 Å².